The summed E-state index contributed by atoms with van der Waals surface area (Å²) in [5.74, 6) is 2.38. The van der Waals surface area contributed by atoms with Gasteiger partial charge in [0.05, 0.1) is 23.9 Å². The lowest BCUT2D eigenvalue weighted by Gasteiger charge is -2.20. The number of carbonyl (C=O) groups is 1. The summed E-state index contributed by atoms with van der Waals surface area (Å²) in [6, 6.07) is 4.80. The first-order valence-corrected chi connectivity index (χ1v) is 5.68. The average Bonchev–Trinajstić information content (AvgIpc) is 2.27. The van der Waals surface area contributed by atoms with Crippen LogP contribution in [0.3, 0.4) is 0 Å². The van der Waals surface area contributed by atoms with Crippen molar-refractivity contribution in [2.24, 2.45) is 0 Å². The largest absolute Gasteiger partial charge is 0.449 e. The quantitative estimate of drug-likeness (QED) is 0.787. The molecule has 0 heterocycles. The minimum absolute atomic E-state index is 0.0835. The minimum Gasteiger partial charge on any atom is -0.449 e. The zero-order valence-electron chi connectivity index (χ0n) is 9.24. The molecule has 90 valence electrons. The van der Waals surface area contributed by atoms with Crippen molar-refractivity contribution in [2.45, 2.75) is 6.92 Å². The minimum atomic E-state index is -0.533. The Morgan fingerprint density at radius 1 is 1.53 bits per heavy atom. The Morgan fingerprint density at radius 2 is 2.24 bits per heavy atom. The van der Waals surface area contributed by atoms with Gasteiger partial charge in [-0.3, -0.25) is 4.90 Å². The Hall–Kier alpha value is -1.37. The molecule has 0 aromatic heterocycles. The van der Waals surface area contributed by atoms with E-state index < -0.39 is 6.09 Å². The van der Waals surface area contributed by atoms with Crippen molar-refractivity contribution >= 4 is 35.0 Å². The van der Waals surface area contributed by atoms with Gasteiger partial charge in [0.25, 0.3) is 0 Å². The second-order valence-electron chi connectivity index (χ2n) is 3.08. The van der Waals surface area contributed by atoms with Crippen molar-refractivity contribution in [3.63, 3.8) is 0 Å². The topological polar surface area (TPSA) is 29.5 Å². The normalized spacial score (nSPS) is 9.53. The zero-order valence-corrected chi connectivity index (χ0v) is 10.8. The Balaban J connectivity index is 3.05. The fraction of sp³-hybridized carbons (Fsp3) is 0.250. The van der Waals surface area contributed by atoms with E-state index in [4.69, 9.17) is 34.4 Å². The van der Waals surface area contributed by atoms with Gasteiger partial charge >= 0.3 is 6.09 Å². The number of benzene rings is 1. The van der Waals surface area contributed by atoms with E-state index in [9.17, 15) is 4.79 Å². The molecule has 0 aliphatic heterocycles. The molecule has 5 heteroatoms. The second-order valence-corrected chi connectivity index (χ2v) is 3.93. The smallest absolute Gasteiger partial charge is 0.415 e. The highest BCUT2D eigenvalue weighted by Gasteiger charge is 2.18. The Bertz CT molecular complexity index is 454. The molecule has 1 aromatic rings. The second kappa shape index (κ2) is 6.39. The van der Waals surface area contributed by atoms with E-state index in [1.165, 1.54) is 4.90 Å². The van der Waals surface area contributed by atoms with Gasteiger partial charge in [-0.25, -0.2) is 4.79 Å². The van der Waals surface area contributed by atoms with Crippen molar-refractivity contribution < 1.29 is 9.53 Å². The first-order chi connectivity index (χ1) is 8.10. The maximum Gasteiger partial charge on any atom is 0.415 e. The molecule has 0 bridgehead atoms. The molecule has 3 nitrogen and oxygen atoms in total. The van der Waals surface area contributed by atoms with E-state index >= 15 is 0 Å². The predicted octanol–water partition coefficient (Wildman–Crippen LogP) is 3.59. The number of rotatable bonds is 3. The number of nitrogens with zero attached hydrogens (tertiary/aromatic N) is 1. The van der Waals surface area contributed by atoms with Crippen molar-refractivity contribution in [1.29, 1.82) is 0 Å². The Labute approximate surface area is 110 Å². The van der Waals surface area contributed by atoms with E-state index in [0.717, 1.165) is 0 Å². The highest BCUT2D eigenvalue weighted by Crippen LogP contribution is 2.29. The van der Waals surface area contributed by atoms with Crippen LogP contribution in [0.4, 0.5) is 10.5 Å². The summed E-state index contributed by atoms with van der Waals surface area (Å²) in [6.45, 7) is 2.07. The fourth-order valence-corrected chi connectivity index (χ4v) is 1.75. The van der Waals surface area contributed by atoms with Crippen molar-refractivity contribution in [3.8, 4) is 12.3 Å². The van der Waals surface area contributed by atoms with Crippen LogP contribution in [-0.2, 0) is 4.74 Å². The third-order valence-electron chi connectivity index (χ3n) is 1.94. The van der Waals surface area contributed by atoms with Gasteiger partial charge in [0.1, 0.15) is 0 Å². The number of carbonyl (C=O) groups excluding carboxylic acids is 1. The molecule has 0 atom stereocenters. The van der Waals surface area contributed by atoms with Gasteiger partial charge in [-0.1, -0.05) is 29.1 Å². The van der Waals surface area contributed by atoms with Gasteiger partial charge in [-0.2, -0.15) is 0 Å². The van der Waals surface area contributed by atoms with E-state index in [0.29, 0.717) is 15.7 Å². The summed E-state index contributed by atoms with van der Waals surface area (Å²) >= 11 is 11.8. The molecule has 0 radical (unpaired) electrons. The lowest BCUT2D eigenvalue weighted by molar-refractivity contribution is 0.160. The van der Waals surface area contributed by atoms with Crippen molar-refractivity contribution in [3.05, 3.63) is 28.2 Å². The van der Waals surface area contributed by atoms with Gasteiger partial charge < -0.3 is 4.74 Å². The molecule has 1 rings (SSSR count). The zero-order chi connectivity index (χ0) is 12.8. The van der Waals surface area contributed by atoms with Crippen molar-refractivity contribution in [2.75, 3.05) is 18.1 Å². The summed E-state index contributed by atoms with van der Waals surface area (Å²) in [6.07, 6.45) is 4.68. The van der Waals surface area contributed by atoms with Crippen LogP contribution in [0.15, 0.2) is 18.2 Å². The number of anilines is 1. The monoisotopic (exact) mass is 271 g/mol. The molecular weight excluding hydrogens is 261 g/mol. The highest BCUT2D eigenvalue weighted by atomic mass is 35.5. The number of amides is 1. The summed E-state index contributed by atoms with van der Waals surface area (Å²) in [4.78, 5) is 13.0. The van der Waals surface area contributed by atoms with Crippen LogP contribution >= 0.6 is 23.2 Å². The molecule has 0 saturated heterocycles. The van der Waals surface area contributed by atoms with Gasteiger partial charge in [-0.05, 0) is 25.1 Å². The first kappa shape index (κ1) is 13.7. The summed E-state index contributed by atoms with van der Waals surface area (Å²) in [7, 11) is 0. The van der Waals surface area contributed by atoms with Gasteiger partial charge in [0, 0.05) is 5.02 Å². The van der Waals surface area contributed by atoms with E-state index in [-0.39, 0.29) is 13.2 Å². The van der Waals surface area contributed by atoms with Gasteiger partial charge in [-0.15, -0.1) is 6.42 Å². The number of ether oxygens (including phenoxy) is 1. The molecule has 17 heavy (non-hydrogen) atoms. The van der Waals surface area contributed by atoms with Gasteiger partial charge in [0.15, 0.2) is 0 Å². The summed E-state index contributed by atoms with van der Waals surface area (Å²) < 4.78 is 4.90. The molecule has 0 saturated carbocycles. The third-order valence-corrected chi connectivity index (χ3v) is 2.48. The van der Waals surface area contributed by atoms with Gasteiger partial charge in [0.2, 0.25) is 0 Å². The average molecular weight is 272 g/mol. The lowest BCUT2D eigenvalue weighted by Crippen LogP contribution is -2.32. The molecule has 1 amide bonds. The SMILES string of the molecule is C#CCN(C(=O)OCC)c1ccc(Cl)cc1Cl. The Kier molecular flexibility index (Phi) is 5.14. The van der Waals surface area contributed by atoms with E-state index in [2.05, 4.69) is 5.92 Å². The Morgan fingerprint density at radius 3 is 2.76 bits per heavy atom. The number of halogens is 2. The number of terminal acetylenes is 1. The van der Waals surface area contributed by atoms with E-state index in [1.54, 1.807) is 25.1 Å². The van der Waals surface area contributed by atoms with Crippen molar-refractivity contribution in [1.82, 2.24) is 0 Å². The molecule has 0 aliphatic rings. The molecule has 0 unspecified atom stereocenters. The van der Waals surface area contributed by atoms with Crippen LogP contribution < -0.4 is 4.90 Å². The number of hydrogen-bond donors (Lipinski definition) is 0. The molecule has 1 aromatic carbocycles. The lowest BCUT2D eigenvalue weighted by atomic mass is 10.3. The molecular formula is C12H11Cl2NO2. The van der Waals surface area contributed by atoms with Crippen LogP contribution in [0.1, 0.15) is 6.92 Å². The maximum atomic E-state index is 11.7. The van der Waals surface area contributed by atoms with Crippen LogP contribution in [-0.4, -0.2) is 19.2 Å². The standard InChI is InChI=1S/C12H11Cl2NO2/c1-3-7-15(12(16)17-4-2)11-6-5-9(13)8-10(11)14/h1,5-6,8H,4,7H2,2H3. The molecule has 0 N–H and O–H groups in total. The number of hydrogen-bond acceptors (Lipinski definition) is 2. The molecule has 0 fully saturated rings. The third kappa shape index (κ3) is 3.55. The summed E-state index contributed by atoms with van der Waals surface area (Å²) in [5, 5.41) is 0.837. The van der Waals surface area contributed by atoms with Crippen LogP contribution in [0.2, 0.25) is 10.0 Å². The van der Waals surface area contributed by atoms with E-state index in [1.807, 2.05) is 0 Å². The van der Waals surface area contributed by atoms with Crippen LogP contribution in [0, 0.1) is 12.3 Å². The van der Waals surface area contributed by atoms with Crippen LogP contribution in [0.5, 0.6) is 0 Å². The molecule has 0 aliphatic carbocycles. The first-order valence-electron chi connectivity index (χ1n) is 4.93. The summed E-state index contributed by atoms with van der Waals surface area (Å²) in [5.41, 5.74) is 0.479. The fourth-order valence-electron chi connectivity index (χ4n) is 1.24. The predicted molar refractivity (Wildman–Crippen MR) is 69.7 cm³/mol. The van der Waals surface area contributed by atoms with Crippen LogP contribution in [0.25, 0.3) is 0 Å². The highest BCUT2D eigenvalue weighted by molar-refractivity contribution is 6.36. The maximum absolute atomic E-state index is 11.7. The molecule has 0 spiro atoms.